The molecule has 4 rings (SSSR count). The number of carboxylic acids is 1. The maximum atomic E-state index is 12.3. The summed E-state index contributed by atoms with van der Waals surface area (Å²) >= 11 is 13.9. The number of nitrogens with zero attached hydrogens (tertiary/aromatic N) is 1. The van der Waals surface area contributed by atoms with Crippen molar-refractivity contribution in [3.8, 4) is 11.3 Å². The van der Waals surface area contributed by atoms with E-state index in [1.807, 2.05) is 43.3 Å². The second-order valence-electron chi connectivity index (χ2n) is 6.53. The van der Waals surface area contributed by atoms with Crippen LogP contribution in [-0.4, -0.2) is 16.1 Å². The number of para-hydroxylation sites is 1. The van der Waals surface area contributed by atoms with Crippen molar-refractivity contribution < 1.29 is 9.90 Å². The lowest BCUT2D eigenvalue weighted by atomic mass is 10.0. The molecule has 4 aromatic rings. The Morgan fingerprint density at radius 3 is 2.41 bits per heavy atom. The predicted molar refractivity (Wildman–Crippen MR) is 119 cm³/mol. The minimum Gasteiger partial charge on any atom is -0.478 e. The van der Waals surface area contributed by atoms with Crippen LogP contribution in [0.15, 0.2) is 76.5 Å². The van der Waals surface area contributed by atoms with E-state index in [1.54, 1.807) is 30.3 Å². The van der Waals surface area contributed by atoms with Crippen molar-refractivity contribution in [2.24, 2.45) is 0 Å². The molecular formula is C23H15Cl2NO2S. The molecule has 0 saturated heterocycles. The summed E-state index contributed by atoms with van der Waals surface area (Å²) in [6.07, 6.45) is 0. The number of carboxylic acid groups (broad SMARTS) is 1. The zero-order valence-electron chi connectivity index (χ0n) is 15.3. The highest BCUT2D eigenvalue weighted by Crippen LogP contribution is 2.42. The first-order chi connectivity index (χ1) is 13.9. The van der Waals surface area contributed by atoms with Crippen molar-refractivity contribution in [2.45, 2.75) is 16.7 Å². The van der Waals surface area contributed by atoms with Crippen LogP contribution in [0, 0.1) is 6.92 Å². The number of aryl methyl sites for hydroxylation is 1. The van der Waals surface area contributed by atoms with Crippen LogP contribution in [0.5, 0.6) is 0 Å². The molecule has 0 aliphatic carbocycles. The fourth-order valence-electron chi connectivity index (χ4n) is 3.09. The largest absolute Gasteiger partial charge is 0.478 e. The molecular weight excluding hydrogens is 425 g/mol. The number of pyridine rings is 1. The van der Waals surface area contributed by atoms with E-state index in [-0.39, 0.29) is 5.56 Å². The number of halogens is 2. The van der Waals surface area contributed by atoms with E-state index in [0.717, 1.165) is 10.5 Å². The third kappa shape index (κ3) is 3.97. The molecule has 1 N–H and O–H groups in total. The minimum atomic E-state index is -1.01. The number of benzene rings is 3. The highest BCUT2D eigenvalue weighted by Gasteiger charge is 2.23. The number of hydrogen-bond acceptors (Lipinski definition) is 3. The molecule has 0 radical (unpaired) electrons. The van der Waals surface area contributed by atoms with Gasteiger partial charge in [-0.25, -0.2) is 9.78 Å². The molecule has 0 bridgehead atoms. The van der Waals surface area contributed by atoms with Gasteiger partial charge in [-0.05, 0) is 43.3 Å². The van der Waals surface area contributed by atoms with Crippen LogP contribution >= 0.6 is 35.0 Å². The van der Waals surface area contributed by atoms with E-state index in [2.05, 4.69) is 0 Å². The number of fused-ring (bicyclic) bond motifs is 1. The van der Waals surface area contributed by atoms with Gasteiger partial charge in [0, 0.05) is 20.9 Å². The monoisotopic (exact) mass is 439 g/mol. The van der Waals surface area contributed by atoms with Crippen LogP contribution in [0.2, 0.25) is 10.0 Å². The molecule has 0 aliphatic rings. The average molecular weight is 440 g/mol. The second kappa shape index (κ2) is 8.07. The van der Waals surface area contributed by atoms with Gasteiger partial charge in [-0.1, -0.05) is 70.9 Å². The van der Waals surface area contributed by atoms with Crippen molar-refractivity contribution in [3.05, 3.63) is 87.9 Å². The van der Waals surface area contributed by atoms with E-state index in [9.17, 15) is 9.90 Å². The summed E-state index contributed by atoms with van der Waals surface area (Å²) in [6.45, 7) is 2.01. The van der Waals surface area contributed by atoms with Crippen molar-refractivity contribution in [1.29, 1.82) is 0 Å². The van der Waals surface area contributed by atoms with E-state index < -0.39 is 5.97 Å². The predicted octanol–water partition coefficient (Wildman–Crippen LogP) is 7.37. The van der Waals surface area contributed by atoms with E-state index in [0.29, 0.717) is 37.1 Å². The van der Waals surface area contributed by atoms with Crippen molar-refractivity contribution in [1.82, 2.24) is 4.98 Å². The molecule has 0 atom stereocenters. The molecule has 0 amide bonds. The number of hydrogen-bond donors (Lipinski definition) is 1. The molecule has 6 heteroatoms. The SMILES string of the molecule is Cc1ccc(Sc2c(-c3ccc(Cl)cc3Cl)nc3ccccc3c2C(=O)O)cc1. The Kier molecular flexibility index (Phi) is 5.50. The highest BCUT2D eigenvalue weighted by atomic mass is 35.5. The second-order valence-corrected chi connectivity index (χ2v) is 8.45. The summed E-state index contributed by atoms with van der Waals surface area (Å²) < 4.78 is 0. The smallest absolute Gasteiger partial charge is 0.337 e. The van der Waals surface area contributed by atoms with Crippen LogP contribution in [0.25, 0.3) is 22.2 Å². The summed E-state index contributed by atoms with van der Waals surface area (Å²) in [6, 6.07) is 20.3. The van der Waals surface area contributed by atoms with Crippen LogP contribution in [-0.2, 0) is 0 Å². The third-order valence-electron chi connectivity index (χ3n) is 4.49. The minimum absolute atomic E-state index is 0.210. The van der Waals surface area contributed by atoms with Gasteiger partial charge in [0.2, 0.25) is 0 Å². The van der Waals surface area contributed by atoms with Gasteiger partial charge in [-0.15, -0.1) is 0 Å². The molecule has 0 unspecified atom stereocenters. The number of aromatic carboxylic acids is 1. The molecule has 144 valence electrons. The topological polar surface area (TPSA) is 50.2 Å². The summed E-state index contributed by atoms with van der Waals surface area (Å²) in [5, 5.41) is 11.6. The maximum Gasteiger partial charge on any atom is 0.337 e. The first kappa shape index (κ1) is 19.8. The summed E-state index contributed by atoms with van der Waals surface area (Å²) in [7, 11) is 0. The van der Waals surface area contributed by atoms with E-state index in [4.69, 9.17) is 28.2 Å². The molecule has 3 nitrogen and oxygen atoms in total. The summed E-state index contributed by atoms with van der Waals surface area (Å²) in [4.78, 5) is 18.6. The van der Waals surface area contributed by atoms with E-state index >= 15 is 0 Å². The molecule has 1 heterocycles. The number of rotatable bonds is 4. The van der Waals surface area contributed by atoms with Gasteiger partial charge in [0.25, 0.3) is 0 Å². The van der Waals surface area contributed by atoms with Crippen LogP contribution < -0.4 is 0 Å². The third-order valence-corrected chi connectivity index (χ3v) is 6.15. The van der Waals surface area contributed by atoms with Crippen molar-refractivity contribution in [2.75, 3.05) is 0 Å². The van der Waals surface area contributed by atoms with Crippen LogP contribution in [0.1, 0.15) is 15.9 Å². The Hall–Kier alpha value is -2.53. The lowest BCUT2D eigenvalue weighted by Crippen LogP contribution is -2.04. The number of aromatic nitrogens is 1. The Labute approximate surface area is 182 Å². The summed E-state index contributed by atoms with van der Waals surface area (Å²) in [5.41, 5.74) is 3.10. The highest BCUT2D eigenvalue weighted by molar-refractivity contribution is 7.99. The van der Waals surface area contributed by atoms with Gasteiger partial charge in [-0.2, -0.15) is 0 Å². The first-order valence-electron chi connectivity index (χ1n) is 8.80. The van der Waals surface area contributed by atoms with Crippen molar-refractivity contribution >= 4 is 51.8 Å². The van der Waals surface area contributed by atoms with Crippen LogP contribution in [0.4, 0.5) is 0 Å². The van der Waals surface area contributed by atoms with Gasteiger partial charge in [0.15, 0.2) is 0 Å². The van der Waals surface area contributed by atoms with Gasteiger partial charge in [0.1, 0.15) is 0 Å². The molecule has 3 aromatic carbocycles. The Morgan fingerprint density at radius 1 is 1.00 bits per heavy atom. The van der Waals surface area contributed by atoms with Crippen LogP contribution in [0.3, 0.4) is 0 Å². The fraction of sp³-hybridized carbons (Fsp3) is 0.0435. The van der Waals surface area contributed by atoms with E-state index in [1.165, 1.54) is 11.8 Å². The quantitative estimate of drug-likeness (QED) is 0.360. The lowest BCUT2D eigenvalue weighted by molar-refractivity contribution is 0.0695. The molecule has 0 saturated carbocycles. The maximum absolute atomic E-state index is 12.3. The summed E-state index contributed by atoms with van der Waals surface area (Å²) in [5.74, 6) is -1.01. The van der Waals surface area contributed by atoms with Gasteiger partial charge in [-0.3, -0.25) is 0 Å². The normalized spacial score (nSPS) is 11.0. The molecule has 0 spiro atoms. The average Bonchev–Trinajstić information content (AvgIpc) is 2.69. The van der Waals surface area contributed by atoms with Gasteiger partial charge < -0.3 is 5.11 Å². The molecule has 0 aliphatic heterocycles. The standard InChI is InChI=1S/C23H15Cl2NO2S/c1-13-6-9-15(10-7-13)29-22-20(23(27)28)17-4-2-3-5-19(17)26-21(22)16-11-8-14(24)12-18(16)25/h2-12H,1H3,(H,27,28). The first-order valence-corrected chi connectivity index (χ1v) is 10.4. The fourth-order valence-corrected chi connectivity index (χ4v) is 4.65. The zero-order valence-corrected chi connectivity index (χ0v) is 17.6. The molecule has 29 heavy (non-hydrogen) atoms. The van der Waals surface area contributed by atoms with Gasteiger partial charge in [0.05, 0.1) is 26.7 Å². The van der Waals surface area contributed by atoms with Crippen molar-refractivity contribution in [3.63, 3.8) is 0 Å². The Morgan fingerprint density at radius 2 is 1.72 bits per heavy atom. The molecule has 1 aromatic heterocycles. The lowest BCUT2D eigenvalue weighted by Gasteiger charge is -2.16. The van der Waals surface area contributed by atoms with Gasteiger partial charge >= 0.3 is 5.97 Å². The Bertz CT molecular complexity index is 1240. The number of carbonyl (C=O) groups is 1. The zero-order chi connectivity index (χ0) is 20.5. The molecule has 0 fully saturated rings. The Balaban J connectivity index is 2.04.